The van der Waals surface area contributed by atoms with Gasteiger partial charge in [-0.2, -0.15) is 0 Å². The zero-order valence-corrected chi connectivity index (χ0v) is 14.1. The molecule has 1 aliphatic heterocycles. The third kappa shape index (κ3) is 3.70. The van der Waals surface area contributed by atoms with Gasteiger partial charge in [-0.25, -0.2) is 0 Å². The molecule has 2 aromatic rings. The number of nitrogens with zero attached hydrogens (tertiary/aromatic N) is 1. The molecule has 23 heavy (non-hydrogen) atoms. The summed E-state index contributed by atoms with van der Waals surface area (Å²) >= 11 is 1.82. The monoisotopic (exact) mass is 327 g/mol. The third-order valence-corrected chi connectivity index (χ3v) is 5.09. The number of hydrogen-bond acceptors (Lipinski definition) is 3. The van der Waals surface area contributed by atoms with Gasteiger partial charge in [-0.15, -0.1) is 11.8 Å². The summed E-state index contributed by atoms with van der Waals surface area (Å²) in [6.45, 7) is 2.92. The highest BCUT2D eigenvalue weighted by Crippen LogP contribution is 2.33. The number of carbonyl (C=O) groups is 1. The average molecular weight is 327 g/mol. The van der Waals surface area contributed by atoms with Crippen LogP contribution in [-0.2, 0) is 11.2 Å². The minimum Gasteiger partial charge on any atom is -0.483 e. The number of aryl methyl sites for hydroxylation is 1. The van der Waals surface area contributed by atoms with Gasteiger partial charge in [-0.3, -0.25) is 4.79 Å². The fourth-order valence-corrected chi connectivity index (χ4v) is 3.73. The summed E-state index contributed by atoms with van der Waals surface area (Å²) in [6, 6.07) is 16.0. The van der Waals surface area contributed by atoms with Gasteiger partial charge in [0.2, 0.25) is 0 Å². The van der Waals surface area contributed by atoms with Crippen LogP contribution in [-0.4, -0.2) is 24.8 Å². The molecule has 1 amide bonds. The Hall–Kier alpha value is -1.94. The van der Waals surface area contributed by atoms with Crippen molar-refractivity contribution in [2.75, 3.05) is 23.8 Å². The number of rotatable bonds is 4. The molecule has 0 aromatic heterocycles. The second kappa shape index (κ2) is 7.55. The molecule has 0 saturated heterocycles. The lowest BCUT2D eigenvalue weighted by atomic mass is 10.1. The van der Waals surface area contributed by atoms with E-state index in [1.807, 2.05) is 59.1 Å². The summed E-state index contributed by atoms with van der Waals surface area (Å²) < 4.78 is 5.80. The van der Waals surface area contributed by atoms with Crippen LogP contribution in [0, 0.1) is 0 Å². The van der Waals surface area contributed by atoms with E-state index in [0.29, 0.717) is 0 Å². The van der Waals surface area contributed by atoms with Crippen LogP contribution in [0.25, 0.3) is 0 Å². The molecule has 3 nitrogen and oxygen atoms in total. The second-order valence-electron chi connectivity index (χ2n) is 5.47. The maximum atomic E-state index is 12.7. The lowest BCUT2D eigenvalue weighted by molar-refractivity contribution is -0.120. The smallest absolute Gasteiger partial charge is 0.264 e. The van der Waals surface area contributed by atoms with E-state index < -0.39 is 0 Å². The molecular weight excluding hydrogens is 306 g/mol. The Morgan fingerprint density at radius 2 is 1.96 bits per heavy atom. The maximum Gasteiger partial charge on any atom is 0.264 e. The third-order valence-electron chi connectivity index (χ3n) is 3.95. The first kappa shape index (κ1) is 15.9. The van der Waals surface area contributed by atoms with Crippen LogP contribution in [0.2, 0.25) is 0 Å². The standard InChI is InChI=1S/C19H21NO2S/c1-2-15-8-3-5-10-17(15)22-14-19(21)20-12-7-13-23-18-11-6-4-9-16(18)20/h3-6,8-11H,2,7,12-14H2,1H3. The Labute approximate surface area is 141 Å². The molecule has 3 rings (SSSR count). The summed E-state index contributed by atoms with van der Waals surface area (Å²) in [7, 11) is 0. The van der Waals surface area contributed by atoms with E-state index in [1.165, 1.54) is 4.90 Å². The summed E-state index contributed by atoms with van der Waals surface area (Å²) in [5, 5.41) is 0. The molecule has 0 atom stereocenters. The minimum atomic E-state index is 0.0193. The van der Waals surface area contributed by atoms with Gasteiger partial charge in [-0.05, 0) is 42.4 Å². The zero-order chi connectivity index (χ0) is 16.1. The number of benzene rings is 2. The van der Waals surface area contributed by atoms with Crippen molar-refractivity contribution in [3.8, 4) is 5.75 Å². The Kier molecular flexibility index (Phi) is 5.23. The Balaban J connectivity index is 1.73. The van der Waals surface area contributed by atoms with Gasteiger partial charge < -0.3 is 9.64 Å². The van der Waals surface area contributed by atoms with Gasteiger partial charge >= 0.3 is 0 Å². The van der Waals surface area contributed by atoms with E-state index in [-0.39, 0.29) is 12.5 Å². The molecule has 0 saturated carbocycles. The number of para-hydroxylation sites is 2. The van der Waals surface area contributed by atoms with Crippen LogP contribution < -0.4 is 9.64 Å². The Morgan fingerprint density at radius 3 is 2.83 bits per heavy atom. The molecule has 1 aliphatic rings. The van der Waals surface area contributed by atoms with Crippen molar-refractivity contribution in [2.45, 2.75) is 24.7 Å². The summed E-state index contributed by atoms with van der Waals surface area (Å²) in [5.41, 5.74) is 2.14. The van der Waals surface area contributed by atoms with Crippen molar-refractivity contribution >= 4 is 23.4 Å². The van der Waals surface area contributed by atoms with Gasteiger partial charge in [0.1, 0.15) is 5.75 Å². The molecule has 0 fully saturated rings. The van der Waals surface area contributed by atoms with Crippen molar-refractivity contribution in [3.05, 3.63) is 54.1 Å². The topological polar surface area (TPSA) is 29.5 Å². The first-order valence-electron chi connectivity index (χ1n) is 8.02. The number of thioether (sulfide) groups is 1. The molecule has 0 spiro atoms. The zero-order valence-electron chi connectivity index (χ0n) is 13.3. The van der Waals surface area contributed by atoms with Crippen LogP contribution >= 0.6 is 11.8 Å². The second-order valence-corrected chi connectivity index (χ2v) is 6.60. The fraction of sp³-hybridized carbons (Fsp3) is 0.316. The molecule has 0 bridgehead atoms. The number of fused-ring (bicyclic) bond motifs is 1. The Bertz CT molecular complexity index is 687. The van der Waals surface area contributed by atoms with E-state index in [0.717, 1.165) is 42.1 Å². The number of ether oxygens (including phenoxy) is 1. The van der Waals surface area contributed by atoms with Gasteiger partial charge in [0.05, 0.1) is 5.69 Å². The van der Waals surface area contributed by atoms with E-state index >= 15 is 0 Å². The van der Waals surface area contributed by atoms with Crippen LogP contribution in [0.4, 0.5) is 5.69 Å². The average Bonchev–Trinajstić information content (AvgIpc) is 2.82. The van der Waals surface area contributed by atoms with Crippen molar-refractivity contribution < 1.29 is 9.53 Å². The van der Waals surface area contributed by atoms with Gasteiger partial charge in [0.25, 0.3) is 5.91 Å². The predicted octanol–water partition coefficient (Wildman–Crippen LogP) is 4.16. The predicted molar refractivity (Wildman–Crippen MR) is 95.5 cm³/mol. The maximum absolute atomic E-state index is 12.7. The quantitative estimate of drug-likeness (QED) is 0.844. The molecule has 2 aromatic carbocycles. The molecule has 4 heteroatoms. The van der Waals surface area contributed by atoms with Crippen LogP contribution in [0.5, 0.6) is 5.75 Å². The van der Waals surface area contributed by atoms with Crippen molar-refractivity contribution in [3.63, 3.8) is 0 Å². The molecule has 0 aliphatic carbocycles. The van der Waals surface area contributed by atoms with E-state index in [2.05, 4.69) is 13.0 Å². The van der Waals surface area contributed by atoms with Gasteiger partial charge in [-0.1, -0.05) is 37.3 Å². The summed E-state index contributed by atoms with van der Waals surface area (Å²) in [6.07, 6.45) is 1.89. The van der Waals surface area contributed by atoms with Crippen molar-refractivity contribution in [1.82, 2.24) is 0 Å². The number of amides is 1. The molecule has 0 radical (unpaired) electrons. The van der Waals surface area contributed by atoms with Crippen molar-refractivity contribution in [2.24, 2.45) is 0 Å². The van der Waals surface area contributed by atoms with Crippen LogP contribution in [0.1, 0.15) is 18.9 Å². The van der Waals surface area contributed by atoms with Crippen LogP contribution in [0.15, 0.2) is 53.4 Å². The Morgan fingerprint density at radius 1 is 1.17 bits per heavy atom. The molecule has 0 unspecified atom stereocenters. The number of carbonyl (C=O) groups excluding carboxylic acids is 1. The SMILES string of the molecule is CCc1ccccc1OCC(=O)N1CCCSc2ccccc21. The first-order chi connectivity index (χ1) is 11.3. The van der Waals surface area contributed by atoms with E-state index in [1.54, 1.807) is 0 Å². The van der Waals surface area contributed by atoms with E-state index in [9.17, 15) is 4.79 Å². The normalized spacial score (nSPS) is 14.0. The number of anilines is 1. The minimum absolute atomic E-state index is 0.0193. The van der Waals surface area contributed by atoms with Gasteiger partial charge in [0, 0.05) is 11.4 Å². The lowest BCUT2D eigenvalue weighted by Crippen LogP contribution is -2.35. The van der Waals surface area contributed by atoms with Crippen LogP contribution in [0.3, 0.4) is 0 Å². The molecule has 1 heterocycles. The van der Waals surface area contributed by atoms with E-state index in [4.69, 9.17) is 4.74 Å². The van der Waals surface area contributed by atoms with Gasteiger partial charge in [0.15, 0.2) is 6.61 Å². The molecule has 120 valence electrons. The number of hydrogen-bond donors (Lipinski definition) is 0. The lowest BCUT2D eigenvalue weighted by Gasteiger charge is -2.22. The summed E-state index contributed by atoms with van der Waals surface area (Å²) in [4.78, 5) is 15.7. The highest BCUT2D eigenvalue weighted by Gasteiger charge is 2.21. The van der Waals surface area contributed by atoms with Crippen molar-refractivity contribution in [1.29, 1.82) is 0 Å². The summed E-state index contributed by atoms with van der Waals surface area (Å²) in [5.74, 6) is 1.87. The largest absolute Gasteiger partial charge is 0.483 e. The highest BCUT2D eigenvalue weighted by atomic mass is 32.2. The molecule has 0 N–H and O–H groups in total. The first-order valence-corrected chi connectivity index (χ1v) is 9.01. The fourth-order valence-electron chi connectivity index (χ4n) is 2.74. The highest BCUT2D eigenvalue weighted by molar-refractivity contribution is 7.99. The molecular formula is C19H21NO2S.